The zero-order valence-electron chi connectivity index (χ0n) is 13.9. The summed E-state index contributed by atoms with van der Waals surface area (Å²) in [7, 11) is 0. The molecule has 0 aromatic heterocycles. The van der Waals surface area contributed by atoms with Crippen LogP contribution in [0.1, 0.15) is 43.2 Å². The van der Waals surface area contributed by atoms with E-state index in [1.807, 2.05) is 0 Å². The molecule has 0 radical (unpaired) electrons. The molecular weight excluding hydrogens is 324 g/mol. The molecule has 0 aliphatic heterocycles. The molecule has 0 atom stereocenters. The first-order chi connectivity index (χ1) is 11.9. The average Bonchev–Trinajstić information content (AvgIpc) is 2.56. The summed E-state index contributed by atoms with van der Waals surface area (Å²) in [5.74, 6) is -2.22. The van der Waals surface area contributed by atoms with Crippen LogP contribution in [0.15, 0.2) is 24.3 Å². The second kappa shape index (κ2) is 8.37. The van der Waals surface area contributed by atoms with E-state index < -0.39 is 11.5 Å². The molecular formula is C19H24O6. The maximum atomic E-state index is 9.46. The normalized spacial score (nSPS) is 10.9. The standard InChI is InChI=1S/C19H24O6/c20-14-8-12(9-15(21)18(14)24)6-4-2-1-3-5-7-13-10-16(22)19(25)17(23)11-13/h8-11,20-25H,1-7H2. The third kappa shape index (κ3) is 5.11. The first kappa shape index (κ1) is 18.6. The molecule has 0 amide bonds. The fourth-order valence-electron chi connectivity index (χ4n) is 2.80. The summed E-state index contributed by atoms with van der Waals surface area (Å²) in [4.78, 5) is 0. The maximum absolute atomic E-state index is 9.46. The van der Waals surface area contributed by atoms with Crippen LogP contribution in [0.4, 0.5) is 0 Å². The van der Waals surface area contributed by atoms with Gasteiger partial charge in [0.1, 0.15) is 0 Å². The van der Waals surface area contributed by atoms with Gasteiger partial charge >= 0.3 is 0 Å². The van der Waals surface area contributed by atoms with Gasteiger partial charge in [-0.1, -0.05) is 19.3 Å². The highest BCUT2D eigenvalue weighted by Crippen LogP contribution is 2.36. The minimum absolute atomic E-state index is 0.310. The SMILES string of the molecule is Oc1cc(CCCCCCCc2cc(O)c(O)c(O)c2)cc(O)c1O. The van der Waals surface area contributed by atoms with Gasteiger partial charge in [-0.15, -0.1) is 0 Å². The first-order valence-corrected chi connectivity index (χ1v) is 8.36. The Labute approximate surface area is 146 Å². The van der Waals surface area contributed by atoms with E-state index in [4.69, 9.17) is 0 Å². The molecule has 2 rings (SSSR count). The number of aromatic hydroxyl groups is 6. The third-order valence-corrected chi connectivity index (χ3v) is 4.19. The molecule has 136 valence electrons. The molecule has 0 saturated heterocycles. The Balaban J connectivity index is 1.66. The van der Waals surface area contributed by atoms with Crippen molar-refractivity contribution in [3.63, 3.8) is 0 Å². The van der Waals surface area contributed by atoms with E-state index in [1.54, 1.807) is 0 Å². The highest BCUT2D eigenvalue weighted by molar-refractivity contribution is 5.51. The van der Waals surface area contributed by atoms with Crippen LogP contribution in [0, 0.1) is 0 Å². The van der Waals surface area contributed by atoms with Gasteiger partial charge in [0.2, 0.25) is 0 Å². The van der Waals surface area contributed by atoms with E-state index >= 15 is 0 Å². The lowest BCUT2D eigenvalue weighted by molar-refractivity contribution is 0.367. The van der Waals surface area contributed by atoms with Crippen molar-refractivity contribution in [2.75, 3.05) is 0 Å². The van der Waals surface area contributed by atoms with E-state index in [2.05, 4.69) is 0 Å². The molecule has 2 aromatic carbocycles. The van der Waals surface area contributed by atoms with Crippen LogP contribution in [0.25, 0.3) is 0 Å². The van der Waals surface area contributed by atoms with Crippen molar-refractivity contribution in [2.24, 2.45) is 0 Å². The summed E-state index contributed by atoms with van der Waals surface area (Å²) in [5, 5.41) is 56.4. The summed E-state index contributed by atoms with van der Waals surface area (Å²) < 4.78 is 0. The molecule has 6 nitrogen and oxygen atoms in total. The number of phenolic OH excluding ortho intramolecular Hbond substituents is 6. The van der Waals surface area contributed by atoms with Crippen LogP contribution >= 0.6 is 0 Å². The molecule has 2 aromatic rings. The number of phenols is 6. The van der Waals surface area contributed by atoms with Gasteiger partial charge in [-0.25, -0.2) is 0 Å². The van der Waals surface area contributed by atoms with Crippen molar-refractivity contribution in [1.29, 1.82) is 0 Å². The Morgan fingerprint density at radius 2 is 0.720 bits per heavy atom. The fourth-order valence-corrected chi connectivity index (χ4v) is 2.80. The van der Waals surface area contributed by atoms with Crippen LogP contribution in [0.5, 0.6) is 34.5 Å². The number of hydrogen-bond donors (Lipinski definition) is 6. The van der Waals surface area contributed by atoms with E-state index in [0.717, 1.165) is 43.2 Å². The highest BCUT2D eigenvalue weighted by Gasteiger charge is 2.09. The van der Waals surface area contributed by atoms with E-state index in [-0.39, 0.29) is 23.0 Å². The summed E-state index contributed by atoms with van der Waals surface area (Å²) in [6, 6.07) is 5.83. The summed E-state index contributed by atoms with van der Waals surface area (Å²) in [6.45, 7) is 0. The van der Waals surface area contributed by atoms with Crippen LogP contribution in [0.2, 0.25) is 0 Å². The van der Waals surface area contributed by atoms with Gasteiger partial charge in [0, 0.05) is 0 Å². The fraction of sp³-hybridized carbons (Fsp3) is 0.368. The van der Waals surface area contributed by atoms with E-state index in [9.17, 15) is 30.6 Å². The monoisotopic (exact) mass is 348 g/mol. The predicted octanol–water partition coefficient (Wildman–Crippen LogP) is 3.66. The molecule has 25 heavy (non-hydrogen) atoms. The van der Waals surface area contributed by atoms with Crippen LogP contribution in [0.3, 0.4) is 0 Å². The van der Waals surface area contributed by atoms with Gasteiger partial charge in [0.05, 0.1) is 0 Å². The lowest BCUT2D eigenvalue weighted by Gasteiger charge is -2.07. The van der Waals surface area contributed by atoms with Crippen molar-refractivity contribution in [3.8, 4) is 34.5 Å². The van der Waals surface area contributed by atoms with E-state index in [0.29, 0.717) is 12.8 Å². The minimum atomic E-state index is -0.491. The number of benzene rings is 2. The maximum Gasteiger partial charge on any atom is 0.200 e. The predicted molar refractivity (Wildman–Crippen MR) is 93.4 cm³/mol. The molecule has 0 unspecified atom stereocenters. The number of hydrogen-bond acceptors (Lipinski definition) is 6. The van der Waals surface area contributed by atoms with Crippen molar-refractivity contribution < 1.29 is 30.6 Å². The number of unbranched alkanes of at least 4 members (excludes halogenated alkanes) is 4. The first-order valence-electron chi connectivity index (χ1n) is 8.36. The van der Waals surface area contributed by atoms with Gasteiger partial charge in [-0.3, -0.25) is 0 Å². The Morgan fingerprint density at radius 1 is 0.440 bits per heavy atom. The Morgan fingerprint density at radius 3 is 1.04 bits per heavy atom. The second-order valence-corrected chi connectivity index (χ2v) is 6.23. The second-order valence-electron chi connectivity index (χ2n) is 6.23. The zero-order valence-corrected chi connectivity index (χ0v) is 13.9. The van der Waals surface area contributed by atoms with Gasteiger partial charge in [-0.05, 0) is 61.1 Å². The van der Waals surface area contributed by atoms with Gasteiger partial charge < -0.3 is 30.6 Å². The summed E-state index contributed by atoms with van der Waals surface area (Å²) >= 11 is 0. The lowest BCUT2D eigenvalue weighted by atomic mass is 10.0. The van der Waals surface area contributed by atoms with Gasteiger partial charge in [0.15, 0.2) is 34.5 Å². The van der Waals surface area contributed by atoms with Crippen molar-refractivity contribution >= 4 is 0 Å². The molecule has 6 N–H and O–H groups in total. The Bertz CT molecular complexity index is 618. The Hall–Kier alpha value is -2.76. The quantitative estimate of drug-likeness (QED) is 0.320. The van der Waals surface area contributed by atoms with Crippen molar-refractivity contribution in [3.05, 3.63) is 35.4 Å². The van der Waals surface area contributed by atoms with Gasteiger partial charge in [0.25, 0.3) is 0 Å². The van der Waals surface area contributed by atoms with Gasteiger partial charge in [-0.2, -0.15) is 0 Å². The zero-order chi connectivity index (χ0) is 18.4. The average molecular weight is 348 g/mol. The minimum Gasteiger partial charge on any atom is -0.504 e. The molecule has 0 spiro atoms. The third-order valence-electron chi connectivity index (χ3n) is 4.19. The van der Waals surface area contributed by atoms with Crippen LogP contribution in [-0.4, -0.2) is 30.6 Å². The number of aryl methyl sites for hydroxylation is 2. The molecule has 0 fully saturated rings. The lowest BCUT2D eigenvalue weighted by Crippen LogP contribution is -1.89. The van der Waals surface area contributed by atoms with Crippen molar-refractivity contribution in [2.45, 2.75) is 44.9 Å². The Kier molecular flexibility index (Phi) is 6.22. The van der Waals surface area contributed by atoms with Crippen LogP contribution in [-0.2, 0) is 12.8 Å². The topological polar surface area (TPSA) is 121 Å². The molecule has 0 heterocycles. The molecule has 0 aliphatic rings. The highest BCUT2D eigenvalue weighted by atomic mass is 16.3. The molecule has 0 aliphatic carbocycles. The van der Waals surface area contributed by atoms with E-state index in [1.165, 1.54) is 24.3 Å². The van der Waals surface area contributed by atoms with Crippen LogP contribution < -0.4 is 0 Å². The molecule has 0 bridgehead atoms. The summed E-state index contributed by atoms with van der Waals surface area (Å²) in [5.41, 5.74) is 1.56. The largest absolute Gasteiger partial charge is 0.504 e. The van der Waals surface area contributed by atoms with Crippen molar-refractivity contribution in [1.82, 2.24) is 0 Å². The molecule has 0 saturated carbocycles. The smallest absolute Gasteiger partial charge is 0.200 e. The molecule has 6 heteroatoms. The summed E-state index contributed by atoms with van der Waals surface area (Å²) in [6.07, 6.45) is 6.24. The number of rotatable bonds is 8.